The predicted octanol–water partition coefficient (Wildman–Crippen LogP) is 5.52. The molecule has 0 radical (unpaired) electrons. The van der Waals surface area contributed by atoms with Crippen molar-refractivity contribution in [2.24, 2.45) is 5.73 Å². The zero-order valence-electron chi connectivity index (χ0n) is 17.7. The van der Waals surface area contributed by atoms with Crippen LogP contribution >= 0.6 is 0 Å². The maximum absolute atomic E-state index is 12.1. The van der Waals surface area contributed by atoms with Gasteiger partial charge < -0.3 is 10.5 Å². The minimum Gasteiger partial charge on any atom is -0.461 e. The maximum atomic E-state index is 12.1. The van der Waals surface area contributed by atoms with Crippen molar-refractivity contribution in [3.8, 4) is 11.1 Å². The molecule has 3 aromatic rings. The van der Waals surface area contributed by atoms with E-state index in [2.05, 4.69) is 31.0 Å². The highest BCUT2D eigenvalue weighted by atomic mass is 16.5. The van der Waals surface area contributed by atoms with Gasteiger partial charge in [0.2, 0.25) is 0 Å². The molecule has 1 atom stereocenters. The summed E-state index contributed by atoms with van der Waals surface area (Å²) in [6, 6.07) is 17.4. The Labute approximate surface area is 173 Å². The van der Waals surface area contributed by atoms with E-state index in [1.54, 1.807) is 6.20 Å². The highest BCUT2D eigenvalue weighted by molar-refractivity contribution is 5.72. The van der Waals surface area contributed by atoms with Gasteiger partial charge in [0.05, 0.1) is 6.42 Å². The van der Waals surface area contributed by atoms with Crippen molar-refractivity contribution in [2.45, 2.75) is 46.8 Å². The lowest BCUT2D eigenvalue weighted by Gasteiger charge is -2.14. The van der Waals surface area contributed by atoms with Crippen molar-refractivity contribution in [1.29, 1.82) is 0 Å². The van der Waals surface area contributed by atoms with Crippen LogP contribution in [0.4, 0.5) is 0 Å². The summed E-state index contributed by atoms with van der Waals surface area (Å²) in [5.41, 5.74) is 12.6. The number of hydrogen-bond donors (Lipinski definition) is 1. The molecular formula is C25H30N2O2. The highest BCUT2D eigenvalue weighted by Gasteiger charge is 2.15. The number of carbonyl (C=O) groups is 1. The number of ether oxygens (including phenoxy) is 1. The number of aryl methyl sites for hydroxylation is 2. The largest absolute Gasteiger partial charge is 0.461 e. The van der Waals surface area contributed by atoms with Gasteiger partial charge in [-0.2, -0.15) is 0 Å². The molecule has 29 heavy (non-hydrogen) atoms. The minimum absolute atomic E-state index is 0.116. The van der Waals surface area contributed by atoms with Gasteiger partial charge in [0, 0.05) is 24.0 Å². The van der Waals surface area contributed by atoms with E-state index in [9.17, 15) is 4.79 Å². The van der Waals surface area contributed by atoms with Crippen molar-refractivity contribution >= 4 is 5.97 Å². The number of esters is 1. The Morgan fingerprint density at radius 1 is 1.00 bits per heavy atom. The fourth-order valence-electron chi connectivity index (χ4n) is 3.16. The van der Waals surface area contributed by atoms with Crippen LogP contribution in [-0.2, 0) is 16.1 Å². The molecule has 1 aromatic heterocycles. The number of benzene rings is 2. The molecule has 1 heterocycles. The monoisotopic (exact) mass is 390 g/mol. The molecule has 0 aliphatic heterocycles. The van der Waals surface area contributed by atoms with E-state index in [4.69, 9.17) is 10.5 Å². The second-order valence-corrected chi connectivity index (χ2v) is 6.73. The topological polar surface area (TPSA) is 65.2 Å². The number of rotatable bonds is 6. The zero-order valence-corrected chi connectivity index (χ0v) is 17.7. The van der Waals surface area contributed by atoms with Gasteiger partial charge in [-0.3, -0.25) is 9.78 Å². The van der Waals surface area contributed by atoms with Crippen LogP contribution in [-0.4, -0.2) is 11.0 Å². The van der Waals surface area contributed by atoms with Gasteiger partial charge in [0.15, 0.2) is 0 Å². The van der Waals surface area contributed by atoms with Crippen LogP contribution in [0.5, 0.6) is 0 Å². The van der Waals surface area contributed by atoms with Gasteiger partial charge in [-0.1, -0.05) is 62.4 Å². The molecule has 2 aromatic carbocycles. The van der Waals surface area contributed by atoms with Gasteiger partial charge >= 0.3 is 5.97 Å². The highest BCUT2D eigenvalue weighted by Crippen LogP contribution is 2.28. The summed E-state index contributed by atoms with van der Waals surface area (Å²) < 4.78 is 5.33. The van der Waals surface area contributed by atoms with Crippen molar-refractivity contribution in [1.82, 2.24) is 4.98 Å². The summed E-state index contributed by atoms with van der Waals surface area (Å²) in [5, 5.41) is 0. The Kier molecular flexibility index (Phi) is 8.56. The average Bonchev–Trinajstić information content (AvgIpc) is 2.74. The Hall–Kier alpha value is -2.98. The van der Waals surface area contributed by atoms with Gasteiger partial charge in [-0.05, 0) is 47.7 Å². The molecule has 0 aliphatic rings. The van der Waals surface area contributed by atoms with Crippen molar-refractivity contribution in [3.05, 3.63) is 89.2 Å². The molecule has 0 spiro atoms. The smallest absolute Gasteiger partial charge is 0.308 e. The second-order valence-electron chi connectivity index (χ2n) is 6.73. The first-order valence-electron chi connectivity index (χ1n) is 10.0. The normalized spacial score (nSPS) is 11.2. The third kappa shape index (κ3) is 6.26. The van der Waals surface area contributed by atoms with Crippen molar-refractivity contribution in [2.75, 3.05) is 0 Å². The summed E-state index contributed by atoms with van der Waals surface area (Å²) in [4.78, 5) is 16.5. The number of hydrogen-bond acceptors (Lipinski definition) is 4. The van der Waals surface area contributed by atoms with E-state index in [1.165, 1.54) is 11.1 Å². The lowest BCUT2D eigenvalue weighted by molar-refractivity contribution is -0.145. The molecular weight excluding hydrogens is 360 g/mol. The number of nitrogens with zero attached hydrogens (tertiary/aromatic N) is 1. The molecule has 0 bridgehead atoms. The number of nitrogens with two attached hydrogens (primary N) is 1. The Morgan fingerprint density at radius 2 is 1.66 bits per heavy atom. The molecule has 0 aliphatic carbocycles. The SMILES string of the molecule is CC.Cc1cccc(C)c1-c1cncc([C@H](N)CC(=O)OCc2ccccc2)c1. The molecule has 0 saturated heterocycles. The lowest BCUT2D eigenvalue weighted by Crippen LogP contribution is -2.17. The van der Waals surface area contributed by atoms with Crippen LogP contribution in [0.3, 0.4) is 0 Å². The van der Waals surface area contributed by atoms with E-state index >= 15 is 0 Å². The minimum atomic E-state index is -0.454. The fraction of sp³-hybridized carbons (Fsp3) is 0.280. The molecule has 0 fully saturated rings. The summed E-state index contributed by atoms with van der Waals surface area (Å²) in [7, 11) is 0. The van der Waals surface area contributed by atoms with Crippen LogP contribution in [0, 0.1) is 13.8 Å². The van der Waals surface area contributed by atoms with E-state index in [1.807, 2.05) is 62.5 Å². The van der Waals surface area contributed by atoms with E-state index in [0.717, 1.165) is 22.3 Å². The van der Waals surface area contributed by atoms with Gasteiger partial charge in [0.1, 0.15) is 6.61 Å². The predicted molar refractivity (Wildman–Crippen MR) is 118 cm³/mol. The van der Waals surface area contributed by atoms with Gasteiger partial charge in [-0.25, -0.2) is 0 Å². The third-order valence-corrected chi connectivity index (χ3v) is 4.59. The first-order valence-corrected chi connectivity index (χ1v) is 10.0. The van der Waals surface area contributed by atoms with Crippen LogP contribution in [0.15, 0.2) is 67.0 Å². The van der Waals surface area contributed by atoms with Crippen LogP contribution in [0.2, 0.25) is 0 Å². The quantitative estimate of drug-likeness (QED) is 0.562. The number of carbonyl (C=O) groups excluding carboxylic acids is 1. The first kappa shape index (κ1) is 22.3. The molecule has 3 rings (SSSR count). The van der Waals surface area contributed by atoms with Crippen LogP contribution in [0.25, 0.3) is 11.1 Å². The summed E-state index contributed by atoms with van der Waals surface area (Å²) >= 11 is 0. The zero-order chi connectivity index (χ0) is 21.2. The van der Waals surface area contributed by atoms with Gasteiger partial charge in [-0.15, -0.1) is 0 Å². The average molecular weight is 391 g/mol. The molecule has 0 saturated carbocycles. The van der Waals surface area contributed by atoms with Crippen LogP contribution < -0.4 is 5.73 Å². The Morgan fingerprint density at radius 3 is 2.31 bits per heavy atom. The molecule has 0 amide bonds. The molecule has 4 heteroatoms. The maximum Gasteiger partial charge on any atom is 0.308 e. The van der Waals surface area contributed by atoms with Crippen LogP contribution in [0.1, 0.15) is 48.6 Å². The standard InChI is InChI=1S/C23H24N2O2.C2H6/c1-16-7-6-8-17(2)23(16)20-11-19(13-25-14-20)21(24)12-22(26)27-15-18-9-4-3-5-10-18;1-2/h3-11,13-14,21H,12,15,24H2,1-2H3;1-2H3/t21-;/m1./s1. The number of pyridine rings is 1. The number of aromatic nitrogens is 1. The van der Waals surface area contributed by atoms with Gasteiger partial charge in [0.25, 0.3) is 0 Å². The molecule has 2 N–H and O–H groups in total. The molecule has 4 nitrogen and oxygen atoms in total. The molecule has 0 unspecified atom stereocenters. The van der Waals surface area contributed by atoms with Crippen molar-refractivity contribution in [3.63, 3.8) is 0 Å². The lowest BCUT2D eigenvalue weighted by atomic mass is 9.95. The summed E-state index contributed by atoms with van der Waals surface area (Å²) in [6.45, 7) is 8.42. The summed E-state index contributed by atoms with van der Waals surface area (Å²) in [5.74, 6) is -0.316. The van der Waals surface area contributed by atoms with E-state index in [-0.39, 0.29) is 19.0 Å². The third-order valence-electron chi connectivity index (χ3n) is 4.59. The second kappa shape index (κ2) is 11.1. The summed E-state index contributed by atoms with van der Waals surface area (Å²) in [6.07, 6.45) is 3.66. The van der Waals surface area contributed by atoms with E-state index in [0.29, 0.717) is 0 Å². The Bertz CT molecular complexity index is 903. The molecule has 152 valence electrons. The fourth-order valence-corrected chi connectivity index (χ4v) is 3.16. The van der Waals surface area contributed by atoms with E-state index < -0.39 is 6.04 Å². The first-order chi connectivity index (χ1) is 14.0. The Balaban J connectivity index is 0.00000145. The van der Waals surface area contributed by atoms with Crippen molar-refractivity contribution < 1.29 is 9.53 Å².